The largest absolute Gasteiger partial charge is 0.356 e. The molecule has 2 amide bonds. The lowest BCUT2D eigenvalue weighted by atomic mass is 9.63. The Labute approximate surface area is 201 Å². The molecule has 6 heteroatoms. The number of nitrogens with zero attached hydrogens (tertiary/aromatic N) is 1. The first-order valence-electron chi connectivity index (χ1n) is 12.4. The van der Waals surface area contributed by atoms with Gasteiger partial charge in [0.05, 0.1) is 0 Å². The summed E-state index contributed by atoms with van der Waals surface area (Å²) < 4.78 is 0.0198. The van der Waals surface area contributed by atoms with E-state index in [0.29, 0.717) is 38.3 Å². The molecule has 1 rings (SSSR count). The number of ketones is 1. The summed E-state index contributed by atoms with van der Waals surface area (Å²) in [6, 6.07) is 0.387. The van der Waals surface area contributed by atoms with E-state index in [4.69, 9.17) is 0 Å². The molecule has 1 N–H and O–H groups in total. The van der Waals surface area contributed by atoms with E-state index in [1.807, 2.05) is 23.6 Å². The molecule has 1 unspecified atom stereocenters. The Hall–Kier alpha value is -1.04. The first kappa shape index (κ1) is 29.0. The number of carbonyl (C=O) groups is 3. The summed E-state index contributed by atoms with van der Waals surface area (Å²) >= 11 is 1.82. The zero-order valence-electron chi connectivity index (χ0n) is 21.9. The highest BCUT2D eigenvalue weighted by Crippen LogP contribution is 2.45. The maximum atomic E-state index is 12.4. The summed E-state index contributed by atoms with van der Waals surface area (Å²) in [5.74, 6) is 1.46. The van der Waals surface area contributed by atoms with Crippen LogP contribution < -0.4 is 5.32 Å². The number of rotatable bonds is 14. The van der Waals surface area contributed by atoms with Gasteiger partial charge < -0.3 is 10.2 Å². The molecule has 1 aliphatic rings. The summed E-state index contributed by atoms with van der Waals surface area (Å²) in [5.41, 5.74) is -0.229. The van der Waals surface area contributed by atoms with Crippen LogP contribution in [0.25, 0.3) is 0 Å². The van der Waals surface area contributed by atoms with Crippen molar-refractivity contribution >= 4 is 29.4 Å². The molecular formula is C26H48N2O3S. The summed E-state index contributed by atoms with van der Waals surface area (Å²) in [7, 11) is 0. The molecule has 0 aliphatic carbocycles. The first-order valence-corrected chi connectivity index (χ1v) is 13.4. The van der Waals surface area contributed by atoms with Gasteiger partial charge in [0.1, 0.15) is 5.78 Å². The van der Waals surface area contributed by atoms with Crippen LogP contribution in [0, 0.1) is 10.8 Å². The van der Waals surface area contributed by atoms with Crippen LogP contribution in [0.3, 0.4) is 0 Å². The van der Waals surface area contributed by atoms with Crippen molar-refractivity contribution in [2.24, 2.45) is 10.8 Å². The standard InChI is InChI=1S/C26H48N2O3S/c1-9-21(29)19-25(5,6)24(3,4)14-12-22(30)27-16-15-26(7,8)32-18-13-23(31)28-17-10-11-20(28)2/h20H,9-19H2,1-8H3,(H,27,30). The topological polar surface area (TPSA) is 66.5 Å². The molecule has 0 aromatic carbocycles. The summed E-state index contributed by atoms with van der Waals surface area (Å²) in [5, 5.41) is 3.07. The number of thioether (sulfide) groups is 1. The first-order chi connectivity index (χ1) is 14.7. The highest BCUT2D eigenvalue weighted by atomic mass is 32.2. The predicted molar refractivity (Wildman–Crippen MR) is 136 cm³/mol. The maximum absolute atomic E-state index is 12.4. The average molecular weight is 469 g/mol. The number of nitrogens with one attached hydrogen (secondary N) is 1. The van der Waals surface area contributed by atoms with Crippen molar-refractivity contribution in [1.29, 1.82) is 0 Å². The minimum Gasteiger partial charge on any atom is -0.356 e. The zero-order chi connectivity index (χ0) is 24.6. The van der Waals surface area contributed by atoms with Gasteiger partial charge in [-0.15, -0.1) is 0 Å². The predicted octanol–water partition coefficient (Wildman–Crippen LogP) is 5.61. The summed E-state index contributed by atoms with van der Waals surface area (Å²) in [4.78, 5) is 38.8. The number of amides is 2. The van der Waals surface area contributed by atoms with Crippen LogP contribution in [0.1, 0.15) is 107 Å². The van der Waals surface area contributed by atoms with Gasteiger partial charge in [0.2, 0.25) is 11.8 Å². The lowest BCUT2D eigenvalue weighted by Gasteiger charge is -2.41. The molecule has 1 aliphatic heterocycles. The molecule has 186 valence electrons. The summed E-state index contributed by atoms with van der Waals surface area (Å²) in [6.45, 7) is 18.5. The molecular weight excluding hydrogens is 420 g/mol. The van der Waals surface area contributed by atoms with E-state index in [2.05, 4.69) is 53.8 Å². The number of hydrogen-bond donors (Lipinski definition) is 1. The van der Waals surface area contributed by atoms with Crippen LogP contribution in [0.5, 0.6) is 0 Å². The van der Waals surface area contributed by atoms with Crippen molar-refractivity contribution in [2.75, 3.05) is 18.8 Å². The molecule has 1 saturated heterocycles. The van der Waals surface area contributed by atoms with Gasteiger partial charge in [-0.25, -0.2) is 0 Å². The van der Waals surface area contributed by atoms with Crippen LogP contribution in [0.2, 0.25) is 0 Å². The van der Waals surface area contributed by atoms with E-state index >= 15 is 0 Å². The lowest BCUT2D eigenvalue weighted by molar-refractivity contribution is -0.131. The molecule has 0 aromatic rings. The maximum Gasteiger partial charge on any atom is 0.223 e. The second-order valence-electron chi connectivity index (χ2n) is 11.4. The van der Waals surface area contributed by atoms with Crippen molar-refractivity contribution in [3.05, 3.63) is 0 Å². The molecule has 1 fully saturated rings. The third-order valence-corrected chi connectivity index (χ3v) is 8.97. The van der Waals surface area contributed by atoms with Gasteiger partial charge in [-0.3, -0.25) is 14.4 Å². The molecule has 0 radical (unpaired) electrons. The van der Waals surface area contributed by atoms with Gasteiger partial charge in [-0.05, 0) is 43.4 Å². The quantitative estimate of drug-likeness (QED) is 0.360. The minimum atomic E-state index is -0.136. The van der Waals surface area contributed by atoms with Crippen molar-refractivity contribution in [1.82, 2.24) is 10.2 Å². The van der Waals surface area contributed by atoms with Gasteiger partial charge in [0.15, 0.2) is 0 Å². The number of Topliss-reactive ketones (excluding diaryl/α,β-unsaturated/α-hetero) is 1. The number of hydrogen-bond acceptors (Lipinski definition) is 4. The highest BCUT2D eigenvalue weighted by molar-refractivity contribution is 8.00. The van der Waals surface area contributed by atoms with E-state index in [1.54, 1.807) is 0 Å². The van der Waals surface area contributed by atoms with Crippen molar-refractivity contribution in [3.8, 4) is 0 Å². The normalized spacial score (nSPS) is 17.5. The smallest absolute Gasteiger partial charge is 0.223 e. The third kappa shape index (κ3) is 9.44. The molecule has 0 aromatic heterocycles. The highest BCUT2D eigenvalue weighted by Gasteiger charge is 2.38. The van der Waals surface area contributed by atoms with Crippen molar-refractivity contribution in [3.63, 3.8) is 0 Å². The van der Waals surface area contributed by atoms with Crippen molar-refractivity contribution in [2.45, 2.75) is 118 Å². The van der Waals surface area contributed by atoms with Crippen LogP contribution >= 0.6 is 11.8 Å². The van der Waals surface area contributed by atoms with Gasteiger partial charge in [-0.2, -0.15) is 11.8 Å². The Morgan fingerprint density at radius 1 is 1.00 bits per heavy atom. The Morgan fingerprint density at radius 2 is 1.66 bits per heavy atom. The van der Waals surface area contributed by atoms with E-state index in [0.717, 1.165) is 38.0 Å². The van der Waals surface area contributed by atoms with E-state index in [1.165, 1.54) is 0 Å². The fraction of sp³-hybridized carbons (Fsp3) is 0.885. The fourth-order valence-electron chi connectivity index (χ4n) is 4.15. The van der Waals surface area contributed by atoms with Gasteiger partial charge in [-0.1, -0.05) is 48.5 Å². The SMILES string of the molecule is CCC(=O)CC(C)(C)C(C)(C)CCC(=O)NCCC(C)(C)SCCC(=O)N1CCCC1C. The van der Waals surface area contributed by atoms with Gasteiger partial charge in [0.25, 0.3) is 0 Å². The number of carbonyl (C=O) groups excluding carboxylic acids is 3. The van der Waals surface area contributed by atoms with Crippen LogP contribution in [-0.4, -0.2) is 52.1 Å². The molecule has 5 nitrogen and oxygen atoms in total. The Kier molecular flexibility index (Phi) is 11.3. The Bertz CT molecular complexity index is 643. The van der Waals surface area contributed by atoms with Crippen LogP contribution in [-0.2, 0) is 14.4 Å². The Morgan fingerprint density at radius 3 is 2.22 bits per heavy atom. The number of likely N-dealkylation sites (tertiary alicyclic amines) is 1. The minimum absolute atomic E-state index is 0.0198. The second-order valence-corrected chi connectivity index (χ2v) is 13.2. The van der Waals surface area contributed by atoms with Crippen LogP contribution in [0.4, 0.5) is 0 Å². The summed E-state index contributed by atoms with van der Waals surface area (Å²) in [6.07, 6.45) is 6.08. The fourth-order valence-corrected chi connectivity index (χ4v) is 5.22. The van der Waals surface area contributed by atoms with Gasteiger partial charge >= 0.3 is 0 Å². The monoisotopic (exact) mass is 468 g/mol. The molecule has 1 atom stereocenters. The van der Waals surface area contributed by atoms with Gasteiger partial charge in [0, 0.05) is 55.3 Å². The van der Waals surface area contributed by atoms with E-state index in [9.17, 15) is 14.4 Å². The molecule has 0 spiro atoms. The van der Waals surface area contributed by atoms with E-state index in [-0.39, 0.29) is 33.2 Å². The average Bonchev–Trinajstić information content (AvgIpc) is 3.11. The Balaban J connectivity index is 2.31. The molecule has 0 bridgehead atoms. The lowest BCUT2D eigenvalue weighted by Crippen LogP contribution is -2.36. The van der Waals surface area contributed by atoms with E-state index < -0.39 is 0 Å². The third-order valence-electron chi connectivity index (χ3n) is 7.57. The molecule has 0 saturated carbocycles. The van der Waals surface area contributed by atoms with Crippen LogP contribution in [0.15, 0.2) is 0 Å². The molecule has 1 heterocycles. The zero-order valence-corrected chi connectivity index (χ0v) is 22.8. The second kappa shape index (κ2) is 12.4. The molecule has 32 heavy (non-hydrogen) atoms. The van der Waals surface area contributed by atoms with Crippen molar-refractivity contribution < 1.29 is 14.4 Å².